The lowest BCUT2D eigenvalue weighted by Crippen LogP contribution is -2.06. The van der Waals surface area contributed by atoms with Crippen molar-refractivity contribution in [3.63, 3.8) is 0 Å². The van der Waals surface area contributed by atoms with Crippen LogP contribution in [0.2, 0.25) is 0 Å². The minimum Gasteiger partial charge on any atom is -0.259 e. The molecule has 8 nitrogen and oxygen atoms in total. The van der Waals surface area contributed by atoms with E-state index in [1.807, 2.05) is 11.4 Å². The van der Waals surface area contributed by atoms with Crippen LogP contribution in [0.25, 0.3) is 31.4 Å². The van der Waals surface area contributed by atoms with Gasteiger partial charge in [-0.1, -0.05) is 29.5 Å². The molecule has 154 valence electrons. The van der Waals surface area contributed by atoms with Crippen LogP contribution in [-0.4, -0.2) is 39.4 Å². The maximum absolute atomic E-state index is 13.4. The normalized spacial score (nSPS) is 12.5. The first-order chi connectivity index (χ1) is 15.0. The van der Waals surface area contributed by atoms with E-state index in [9.17, 15) is 13.2 Å². The number of thiophene rings is 1. The van der Waals surface area contributed by atoms with Gasteiger partial charge in [-0.25, -0.2) is 4.98 Å². The molecule has 0 N–H and O–H groups in total. The summed E-state index contributed by atoms with van der Waals surface area (Å²) < 4.78 is 43.3. The molecule has 0 aliphatic carbocycles. The molecule has 0 saturated heterocycles. The van der Waals surface area contributed by atoms with E-state index in [2.05, 4.69) is 30.5 Å². The Morgan fingerprint density at radius 3 is 2.68 bits per heavy atom. The number of hydrogen-bond donors (Lipinski definition) is 0. The highest BCUT2D eigenvalue weighted by atomic mass is 32.2. The molecule has 0 fully saturated rings. The largest absolute Gasteiger partial charge is 0.417 e. The lowest BCUT2D eigenvalue weighted by atomic mass is 10.1. The Balaban J connectivity index is 1.42. The van der Waals surface area contributed by atoms with Gasteiger partial charge in [-0.2, -0.15) is 22.8 Å². The van der Waals surface area contributed by atoms with E-state index in [-0.39, 0.29) is 10.6 Å². The predicted molar refractivity (Wildman–Crippen MR) is 109 cm³/mol. The molecule has 6 aromatic rings. The first-order valence-electron chi connectivity index (χ1n) is 8.63. The summed E-state index contributed by atoms with van der Waals surface area (Å²) in [6, 6.07) is 7.25. The topological polar surface area (TPSA) is 86.2 Å². The van der Waals surface area contributed by atoms with Crippen molar-refractivity contribution in [2.75, 3.05) is 0 Å². The molecule has 5 aromatic heterocycles. The van der Waals surface area contributed by atoms with Gasteiger partial charge in [0.05, 0.1) is 10.9 Å². The van der Waals surface area contributed by atoms with Gasteiger partial charge in [0.15, 0.2) is 5.65 Å². The Labute approximate surface area is 182 Å². The highest BCUT2D eigenvalue weighted by Gasteiger charge is 2.34. The Kier molecular flexibility index (Phi) is 4.03. The second-order valence-corrected chi connectivity index (χ2v) is 9.07. The van der Waals surface area contributed by atoms with Crippen LogP contribution < -0.4 is 0 Å². The molecule has 0 bridgehead atoms. The highest BCUT2D eigenvalue weighted by molar-refractivity contribution is 7.99. The molecule has 14 heteroatoms. The summed E-state index contributed by atoms with van der Waals surface area (Å²) in [6.45, 7) is 0. The van der Waals surface area contributed by atoms with E-state index >= 15 is 0 Å². The molecule has 0 atom stereocenters. The fraction of sp³-hybridized carbons (Fsp3) is 0.0588. The lowest BCUT2D eigenvalue weighted by Gasteiger charge is -2.10. The third-order valence-electron chi connectivity index (χ3n) is 4.45. The summed E-state index contributed by atoms with van der Waals surface area (Å²) >= 11 is 3.69. The van der Waals surface area contributed by atoms with Crippen molar-refractivity contribution in [3.8, 4) is 10.6 Å². The van der Waals surface area contributed by atoms with Crippen LogP contribution in [0, 0.1) is 0 Å². The van der Waals surface area contributed by atoms with Crippen LogP contribution in [-0.2, 0) is 6.18 Å². The number of alkyl halides is 3. The predicted octanol–water partition coefficient (Wildman–Crippen LogP) is 4.68. The van der Waals surface area contributed by atoms with Gasteiger partial charge >= 0.3 is 6.18 Å². The van der Waals surface area contributed by atoms with Crippen molar-refractivity contribution in [2.45, 2.75) is 16.5 Å². The van der Waals surface area contributed by atoms with Crippen LogP contribution >= 0.6 is 34.4 Å². The second-order valence-electron chi connectivity index (χ2n) is 6.29. The van der Waals surface area contributed by atoms with Crippen LogP contribution in [0.15, 0.2) is 52.4 Å². The summed E-state index contributed by atoms with van der Waals surface area (Å²) in [5, 5.41) is 24.8. The van der Waals surface area contributed by atoms with Crippen molar-refractivity contribution in [1.82, 2.24) is 39.4 Å². The third-order valence-corrected chi connectivity index (χ3v) is 7.10. The van der Waals surface area contributed by atoms with Gasteiger partial charge in [0.1, 0.15) is 16.2 Å². The lowest BCUT2D eigenvalue weighted by molar-refractivity contribution is -0.137. The minimum absolute atomic E-state index is 0.00146. The molecular weight excluding hydrogens is 469 g/mol. The summed E-state index contributed by atoms with van der Waals surface area (Å²) in [5.41, 5.74) is -0.0884. The summed E-state index contributed by atoms with van der Waals surface area (Å²) in [6.07, 6.45) is -2.86. The van der Waals surface area contributed by atoms with E-state index in [0.29, 0.717) is 20.9 Å². The number of rotatable bonds is 3. The van der Waals surface area contributed by atoms with E-state index in [0.717, 1.165) is 39.4 Å². The SMILES string of the molecule is FC(F)(F)c1ccccc1-c1nn2c(Sc3nnc4c5ccsc5ncn34)nnc2s1. The third kappa shape index (κ3) is 2.97. The van der Waals surface area contributed by atoms with Gasteiger partial charge in [0.2, 0.25) is 15.3 Å². The molecule has 0 unspecified atom stereocenters. The van der Waals surface area contributed by atoms with E-state index < -0.39 is 11.7 Å². The van der Waals surface area contributed by atoms with Crippen molar-refractivity contribution in [1.29, 1.82) is 0 Å². The Hall–Kier alpha value is -3.10. The number of halogens is 3. The van der Waals surface area contributed by atoms with Crippen molar-refractivity contribution >= 4 is 55.3 Å². The van der Waals surface area contributed by atoms with Gasteiger partial charge in [-0.15, -0.1) is 31.7 Å². The average Bonchev–Trinajstić information content (AvgIpc) is 3.51. The maximum Gasteiger partial charge on any atom is 0.417 e. The van der Waals surface area contributed by atoms with E-state index in [1.54, 1.807) is 16.8 Å². The second kappa shape index (κ2) is 6.70. The fourth-order valence-electron chi connectivity index (χ4n) is 3.09. The maximum atomic E-state index is 13.4. The van der Waals surface area contributed by atoms with Gasteiger partial charge in [0.25, 0.3) is 0 Å². The number of aromatic nitrogens is 8. The Morgan fingerprint density at radius 2 is 1.81 bits per heavy atom. The smallest absolute Gasteiger partial charge is 0.259 e. The first kappa shape index (κ1) is 18.7. The van der Waals surface area contributed by atoms with Gasteiger partial charge in [-0.05, 0) is 29.3 Å². The zero-order valence-corrected chi connectivity index (χ0v) is 17.4. The molecule has 0 amide bonds. The quantitative estimate of drug-likeness (QED) is 0.367. The molecule has 0 saturated carbocycles. The van der Waals surface area contributed by atoms with Gasteiger partial charge in [-0.3, -0.25) is 4.40 Å². The molecule has 0 aliphatic heterocycles. The molecule has 0 radical (unpaired) electrons. The van der Waals surface area contributed by atoms with E-state index in [4.69, 9.17) is 0 Å². The van der Waals surface area contributed by atoms with E-state index in [1.165, 1.54) is 28.0 Å². The van der Waals surface area contributed by atoms with Crippen LogP contribution in [0.3, 0.4) is 0 Å². The highest BCUT2D eigenvalue weighted by Crippen LogP contribution is 2.39. The fourth-order valence-corrected chi connectivity index (χ4v) is 5.52. The Bertz CT molecular complexity index is 1580. The van der Waals surface area contributed by atoms with Crippen LogP contribution in [0.5, 0.6) is 0 Å². The number of nitrogens with zero attached hydrogens (tertiary/aromatic N) is 8. The molecular formula is C17H7F3N8S3. The number of hydrogen-bond acceptors (Lipinski definition) is 9. The van der Waals surface area contributed by atoms with Gasteiger partial charge < -0.3 is 0 Å². The summed E-state index contributed by atoms with van der Waals surface area (Å²) in [5.74, 6) is 0. The average molecular weight is 476 g/mol. The first-order valence-corrected chi connectivity index (χ1v) is 11.1. The zero-order valence-electron chi connectivity index (χ0n) is 15.0. The Morgan fingerprint density at radius 1 is 0.968 bits per heavy atom. The van der Waals surface area contributed by atoms with Crippen molar-refractivity contribution in [2.24, 2.45) is 0 Å². The molecule has 6 rings (SSSR count). The standard InChI is InChI=1S/C17H7F3N8S3/c18-17(19,20)10-4-2-1-3-8(10)13-26-28-15(30-13)24-25-16(28)31-14-23-22-11-9-5-6-29-12(9)21-7-27(11)14/h1-7H. The minimum atomic E-state index is -4.49. The number of fused-ring (bicyclic) bond motifs is 4. The monoisotopic (exact) mass is 476 g/mol. The number of benzene rings is 1. The van der Waals surface area contributed by atoms with Gasteiger partial charge in [0, 0.05) is 5.56 Å². The molecule has 31 heavy (non-hydrogen) atoms. The van der Waals surface area contributed by atoms with Crippen LogP contribution in [0.4, 0.5) is 13.2 Å². The van der Waals surface area contributed by atoms with Crippen molar-refractivity contribution < 1.29 is 13.2 Å². The van der Waals surface area contributed by atoms with Crippen LogP contribution in [0.1, 0.15) is 5.56 Å². The molecule has 0 aliphatic rings. The zero-order chi connectivity index (χ0) is 21.2. The molecule has 0 spiro atoms. The summed E-state index contributed by atoms with van der Waals surface area (Å²) in [4.78, 5) is 5.63. The molecule has 5 heterocycles. The molecule has 1 aromatic carbocycles. The van der Waals surface area contributed by atoms with Crippen molar-refractivity contribution in [3.05, 3.63) is 47.6 Å². The summed E-state index contributed by atoms with van der Waals surface area (Å²) in [7, 11) is 0.